The van der Waals surface area contributed by atoms with Gasteiger partial charge in [0, 0.05) is 12.6 Å². The summed E-state index contributed by atoms with van der Waals surface area (Å²) in [7, 11) is 0. The maximum absolute atomic E-state index is 11.0. The largest absolute Gasteiger partial charge is 0.394 e. The van der Waals surface area contributed by atoms with Gasteiger partial charge in [0.15, 0.2) is 0 Å². The van der Waals surface area contributed by atoms with Crippen molar-refractivity contribution in [3.05, 3.63) is 33.9 Å². The second-order valence-electron chi connectivity index (χ2n) is 4.37. The summed E-state index contributed by atoms with van der Waals surface area (Å²) in [5, 5.41) is 20.3. The van der Waals surface area contributed by atoms with Crippen molar-refractivity contribution >= 4 is 11.4 Å². The molecule has 5 nitrogen and oxygen atoms in total. The Morgan fingerprint density at radius 3 is 3.00 bits per heavy atom. The van der Waals surface area contributed by atoms with Gasteiger partial charge < -0.3 is 10.0 Å². The van der Waals surface area contributed by atoms with Crippen LogP contribution in [0.4, 0.5) is 11.4 Å². The minimum atomic E-state index is -0.352. The van der Waals surface area contributed by atoms with Crippen LogP contribution in [0.5, 0.6) is 0 Å². The summed E-state index contributed by atoms with van der Waals surface area (Å²) in [6, 6.07) is 5.10. The molecular weight excluding hydrogens is 220 g/mol. The Labute approximate surface area is 99.8 Å². The third-order valence-corrected chi connectivity index (χ3v) is 3.29. The number of para-hydroxylation sites is 1. The van der Waals surface area contributed by atoms with E-state index in [0.29, 0.717) is 5.69 Å². The molecule has 1 aromatic rings. The Morgan fingerprint density at radius 1 is 1.59 bits per heavy atom. The number of nitrogens with zero attached hydrogens (tertiary/aromatic N) is 2. The number of aliphatic hydroxyl groups excluding tert-OH is 1. The van der Waals surface area contributed by atoms with Gasteiger partial charge in [-0.05, 0) is 25.3 Å². The van der Waals surface area contributed by atoms with Crippen molar-refractivity contribution in [1.29, 1.82) is 0 Å². The Kier molecular flexibility index (Phi) is 3.28. The van der Waals surface area contributed by atoms with E-state index in [0.717, 1.165) is 24.9 Å². The molecule has 0 aliphatic carbocycles. The predicted molar refractivity (Wildman–Crippen MR) is 65.3 cm³/mol. The van der Waals surface area contributed by atoms with Gasteiger partial charge in [-0.25, -0.2) is 0 Å². The minimum Gasteiger partial charge on any atom is -0.394 e. The van der Waals surface area contributed by atoms with Gasteiger partial charge in [-0.1, -0.05) is 12.1 Å². The monoisotopic (exact) mass is 236 g/mol. The fourth-order valence-corrected chi connectivity index (χ4v) is 2.48. The average molecular weight is 236 g/mol. The lowest BCUT2D eigenvalue weighted by molar-refractivity contribution is -0.384. The van der Waals surface area contributed by atoms with E-state index in [1.165, 1.54) is 6.07 Å². The van der Waals surface area contributed by atoms with Gasteiger partial charge in [-0.15, -0.1) is 0 Å². The number of aryl methyl sites for hydroxylation is 1. The Bertz CT molecular complexity index is 434. The van der Waals surface area contributed by atoms with Gasteiger partial charge in [0.1, 0.15) is 5.69 Å². The molecule has 5 heteroatoms. The summed E-state index contributed by atoms with van der Waals surface area (Å²) in [4.78, 5) is 12.7. The first-order valence-corrected chi connectivity index (χ1v) is 5.76. The molecule has 0 spiro atoms. The van der Waals surface area contributed by atoms with E-state index >= 15 is 0 Å². The lowest BCUT2D eigenvalue weighted by Gasteiger charge is -2.26. The van der Waals surface area contributed by atoms with Crippen molar-refractivity contribution in [3.8, 4) is 0 Å². The zero-order chi connectivity index (χ0) is 12.4. The van der Waals surface area contributed by atoms with Gasteiger partial charge >= 0.3 is 0 Å². The summed E-state index contributed by atoms with van der Waals surface area (Å²) in [6.07, 6.45) is 1.86. The molecule has 1 heterocycles. The van der Waals surface area contributed by atoms with Crippen molar-refractivity contribution < 1.29 is 10.0 Å². The smallest absolute Gasteiger partial charge is 0.292 e. The van der Waals surface area contributed by atoms with Crippen LogP contribution in [-0.2, 0) is 0 Å². The molecule has 1 N–H and O–H groups in total. The van der Waals surface area contributed by atoms with Crippen LogP contribution in [0.1, 0.15) is 18.4 Å². The molecule has 1 aromatic carbocycles. The number of rotatable bonds is 3. The molecule has 0 aromatic heterocycles. The SMILES string of the molecule is Cc1cccc([N+](=O)[O-])c1N1CCCC1CO. The van der Waals surface area contributed by atoms with E-state index in [2.05, 4.69) is 0 Å². The van der Waals surface area contributed by atoms with Crippen molar-refractivity contribution in [2.24, 2.45) is 0 Å². The van der Waals surface area contributed by atoms with Crippen LogP contribution in [0.25, 0.3) is 0 Å². The molecule has 1 aliphatic rings. The fraction of sp³-hybridized carbons (Fsp3) is 0.500. The third-order valence-electron chi connectivity index (χ3n) is 3.29. The quantitative estimate of drug-likeness (QED) is 0.642. The van der Waals surface area contributed by atoms with Gasteiger partial charge in [0.05, 0.1) is 17.6 Å². The first-order chi connectivity index (χ1) is 8.15. The van der Waals surface area contributed by atoms with Crippen LogP contribution >= 0.6 is 0 Å². The van der Waals surface area contributed by atoms with Crippen LogP contribution < -0.4 is 4.90 Å². The number of anilines is 1. The highest BCUT2D eigenvalue weighted by molar-refractivity contribution is 5.68. The van der Waals surface area contributed by atoms with Crippen LogP contribution in [0.2, 0.25) is 0 Å². The second kappa shape index (κ2) is 4.71. The van der Waals surface area contributed by atoms with Gasteiger partial charge in [-0.2, -0.15) is 0 Å². The van der Waals surface area contributed by atoms with E-state index in [1.54, 1.807) is 6.07 Å². The number of nitro groups is 1. The Balaban J connectivity index is 2.46. The molecule has 2 rings (SSSR count). The highest BCUT2D eigenvalue weighted by Crippen LogP contribution is 2.36. The van der Waals surface area contributed by atoms with E-state index in [-0.39, 0.29) is 23.3 Å². The molecule has 17 heavy (non-hydrogen) atoms. The van der Waals surface area contributed by atoms with Gasteiger partial charge in [0.25, 0.3) is 5.69 Å². The van der Waals surface area contributed by atoms with Crippen molar-refractivity contribution in [1.82, 2.24) is 0 Å². The number of hydrogen-bond acceptors (Lipinski definition) is 4. The minimum absolute atomic E-state index is 0.00907. The van der Waals surface area contributed by atoms with Crippen LogP contribution in [0, 0.1) is 17.0 Å². The second-order valence-corrected chi connectivity index (χ2v) is 4.37. The third kappa shape index (κ3) is 2.10. The first-order valence-electron chi connectivity index (χ1n) is 5.76. The molecule has 1 unspecified atom stereocenters. The van der Waals surface area contributed by atoms with Crippen LogP contribution in [0.3, 0.4) is 0 Å². The van der Waals surface area contributed by atoms with E-state index in [1.807, 2.05) is 17.9 Å². The molecular formula is C12H16N2O3. The molecule has 1 atom stereocenters. The molecule has 92 valence electrons. The van der Waals surface area contributed by atoms with E-state index < -0.39 is 0 Å². The first kappa shape index (κ1) is 11.9. The predicted octanol–water partition coefficient (Wildman–Crippen LogP) is 1.86. The van der Waals surface area contributed by atoms with Crippen LogP contribution in [-0.4, -0.2) is 29.2 Å². The Morgan fingerprint density at radius 2 is 2.35 bits per heavy atom. The summed E-state index contributed by atoms with van der Waals surface area (Å²) in [6.45, 7) is 2.69. The number of nitro benzene ring substituents is 1. The zero-order valence-electron chi connectivity index (χ0n) is 9.80. The summed E-state index contributed by atoms with van der Waals surface area (Å²) in [5.74, 6) is 0. The van der Waals surface area contributed by atoms with Gasteiger partial charge in [0.2, 0.25) is 0 Å². The Hall–Kier alpha value is -1.62. The van der Waals surface area contributed by atoms with Crippen molar-refractivity contribution in [3.63, 3.8) is 0 Å². The lowest BCUT2D eigenvalue weighted by atomic mass is 10.1. The molecule has 1 aliphatic heterocycles. The molecule has 1 saturated heterocycles. The van der Waals surface area contributed by atoms with Gasteiger partial charge in [-0.3, -0.25) is 10.1 Å². The van der Waals surface area contributed by atoms with Crippen molar-refractivity contribution in [2.45, 2.75) is 25.8 Å². The number of aliphatic hydroxyl groups is 1. The average Bonchev–Trinajstić information content (AvgIpc) is 2.76. The fourth-order valence-electron chi connectivity index (χ4n) is 2.48. The molecule has 0 amide bonds. The molecule has 1 fully saturated rings. The van der Waals surface area contributed by atoms with Crippen LogP contribution in [0.15, 0.2) is 18.2 Å². The summed E-state index contributed by atoms with van der Waals surface area (Å²) in [5.41, 5.74) is 1.68. The maximum Gasteiger partial charge on any atom is 0.292 e. The topological polar surface area (TPSA) is 66.6 Å². The zero-order valence-corrected chi connectivity index (χ0v) is 9.80. The maximum atomic E-state index is 11.0. The number of hydrogen-bond donors (Lipinski definition) is 1. The van der Waals surface area contributed by atoms with E-state index in [4.69, 9.17) is 0 Å². The van der Waals surface area contributed by atoms with E-state index in [9.17, 15) is 15.2 Å². The molecule has 0 saturated carbocycles. The lowest BCUT2D eigenvalue weighted by Crippen LogP contribution is -2.33. The highest BCUT2D eigenvalue weighted by atomic mass is 16.6. The molecule has 0 bridgehead atoms. The standard InChI is InChI=1S/C12H16N2O3/c1-9-4-2-6-11(14(16)17)12(9)13-7-3-5-10(13)8-15/h2,4,6,10,15H,3,5,7-8H2,1H3. The molecule has 0 radical (unpaired) electrons. The summed E-state index contributed by atoms with van der Waals surface area (Å²) < 4.78 is 0. The number of benzene rings is 1. The normalized spacial score (nSPS) is 19.6. The highest BCUT2D eigenvalue weighted by Gasteiger charge is 2.30. The van der Waals surface area contributed by atoms with Crippen molar-refractivity contribution in [2.75, 3.05) is 18.1 Å². The summed E-state index contributed by atoms with van der Waals surface area (Å²) >= 11 is 0.